The second-order valence-corrected chi connectivity index (χ2v) is 3.59. The molecule has 1 aromatic rings. The molecule has 0 amide bonds. The molecule has 1 aromatic carbocycles. The quantitative estimate of drug-likeness (QED) is 0.340. The van der Waals surface area contributed by atoms with E-state index in [4.69, 9.17) is 23.2 Å². The summed E-state index contributed by atoms with van der Waals surface area (Å²) in [7, 11) is 0. The highest BCUT2D eigenvalue weighted by Gasteiger charge is 2.02. The van der Waals surface area contributed by atoms with Crippen molar-refractivity contribution in [1.29, 1.82) is 0 Å². The topological polar surface area (TPSA) is 70.3 Å². The number of nitrogens with two attached hydrogens (primary N) is 1. The smallest absolute Gasteiger partial charge is 0.185 e. The maximum absolute atomic E-state index is 7.57. The van der Waals surface area contributed by atoms with Crippen molar-refractivity contribution in [3.05, 3.63) is 29.3 Å². The molecular weight excluding hydrogens is 222 g/mol. The van der Waals surface area contributed by atoms with Gasteiger partial charge in [-0.3, -0.25) is 0 Å². The monoisotopic (exact) mass is 241 g/mol. The lowest BCUT2D eigenvalue weighted by Crippen LogP contribution is -2.34. The third-order valence-electron chi connectivity index (χ3n) is 1.85. The molecule has 0 saturated heterocycles. The molecule has 0 spiro atoms. The van der Waals surface area contributed by atoms with Crippen molar-refractivity contribution < 1.29 is 5.11 Å². The highest BCUT2D eigenvalue weighted by atomic mass is 32.1. The van der Waals surface area contributed by atoms with E-state index in [1.165, 1.54) is 0 Å². The van der Waals surface area contributed by atoms with Gasteiger partial charge in [0.1, 0.15) is 0 Å². The maximum Gasteiger partial charge on any atom is 0.185 e. The number of hydrogen-bond acceptors (Lipinski definition) is 3. The molecule has 1 rings (SSSR count). The third-order valence-corrected chi connectivity index (χ3v) is 2.07. The highest BCUT2D eigenvalue weighted by Crippen LogP contribution is 2.18. The van der Waals surface area contributed by atoms with Gasteiger partial charge in [-0.25, -0.2) is 5.84 Å². The minimum atomic E-state index is 0.250. The van der Waals surface area contributed by atoms with Crippen molar-refractivity contribution in [1.82, 2.24) is 5.43 Å². The number of aliphatic hydroxyl groups excluding tert-OH is 1. The number of rotatable bonds is 1. The van der Waals surface area contributed by atoms with Gasteiger partial charge in [0.05, 0.1) is 0 Å². The number of anilines is 1. The number of para-hydroxylation sites is 1. The van der Waals surface area contributed by atoms with E-state index in [9.17, 15) is 0 Å². The first kappa shape index (κ1) is 14.8. The summed E-state index contributed by atoms with van der Waals surface area (Å²) in [6, 6.07) is 6.05. The number of benzene rings is 1. The Morgan fingerprint density at radius 2 is 1.81 bits per heavy atom. The minimum absolute atomic E-state index is 0.250. The first-order chi connectivity index (χ1) is 7.56. The molecule has 0 fully saturated rings. The van der Waals surface area contributed by atoms with Crippen LogP contribution in [0.2, 0.25) is 0 Å². The fraction of sp³-hybridized carbons (Fsp3) is 0.364. The van der Waals surface area contributed by atoms with E-state index in [1.54, 1.807) is 6.92 Å². The zero-order valence-electron chi connectivity index (χ0n) is 9.87. The zero-order valence-corrected chi connectivity index (χ0v) is 10.7. The molecule has 0 aromatic heterocycles. The lowest BCUT2D eigenvalue weighted by molar-refractivity contribution is 0.318. The lowest BCUT2D eigenvalue weighted by Gasteiger charge is -2.12. The molecule has 0 heterocycles. The molecule has 5 heteroatoms. The Labute approximate surface area is 102 Å². The summed E-state index contributed by atoms with van der Waals surface area (Å²) in [4.78, 5) is 0. The predicted molar refractivity (Wildman–Crippen MR) is 72.2 cm³/mol. The molecule has 0 aliphatic rings. The zero-order chi connectivity index (χ0) is 12.6. The number of thiocarbonyl (C=S) groups is 1. The van der Waals surface area contributed by atoms with Gasteiger partial charge in [-0.1, -0.05) is 18.2 Å². The summed E-state index contributed by atoms with van der Waals surface area (Å²) >= 11 is 4.91. The van der Waals surface area contributed by atoms with Gasteiger partial charge < -0.3 is 15.8 Å². The first-order valence-corrected chi connectivity index (χ1v) is 5.42. The van der Waals surface area contributed by atoms with Crippen molar-refractivity contribution in [2.24, 2.45) is 5.84 Å². The molecule has 0 aliphatic carbocycles. The number of nitrogens with one attached hydrogen (secondary N) is 2. The summed E-state index contributed by atoms with van der Waals surface area (Å²) in [5, 5.41) is 11.0. The number of hydrazine groups is 1. The standard InChI is InChI=1S/C9H13N3S.C2H6O/c1-6-4-3-5-7(2)8(6)11-9(13)12-10;1-2-3/h3-5H,10H2,1-2H3,(H2,11,12,13);3H,2H2,1H3. The second kappa shape index (κ2) is 8.04. The molecule has 16 heavy (non-hydrogen) atoms. The van der Waals surface area contributed by atoms with Crippen LogP contribution in [0.1, 0.15) is 18.1 Å². The molecule has 0 unspecified atom stereocenters. The van der Waals surface area contributed by atoms with Crippen LogP contribution in [0.5, 0.6) is 0 Å². The van der Waals surface area contributed by atoms with Gasteiger partial charge >= 0.3 is 0 Å². The van der Waals surface area contributed by atoms with Crippen LogP contribution < -0.4 is 16.6 Å². The van der Waals surface area contributed by atoms with Crippen molar-refractivity contribution in [3.8, 4) is 0 Å². The molecule has 4 nitrogen and oxygen atoms in total. The van der Waals surface area contributed by atoms with Gasteiger partial charge in [-0.15, -0.1) is 0 Å². The number of aryl methyl sites for hydroxylation is 2. The Balaban J connectivity index is 0.000000673. The van der Waals surface area contributed by atoms with Crippen LogP contribution in [0, 0.1) is 13.8 Å². The van der Waals surface area contributed by atoms with Crippen molar-refractivity contribution >= 4 is 23.0 Å². The summed E-state index contributed by atoms with van der Waals surface area (Å²) < 4.78 is 0. The van der Waals surface area contributed by atoms with E-state index < -0.39 is 0 Å². The molecule has 0 saturated carbocycles. The molecule has 5 N–H and O–H groups in total. The van der Waals surface area contributed by atoms with E-state index >= 15 is 0 Å². The van der Waals surface area contributed by atoms with Gasteiger partial charge in [-0.2, -0.15) is 0 Å². The molecule has 90 valence electrons. The fourth-order valence-corrected chi connectivity index (χ4v) is 1.26. The van der Waals surface area contributed by atoms with Crippen LogP contribution in [0.25, 0.3) is 0 Å². The second-order valence-electron chi connectivity index (χ2n) is 3.18. The van der Waals surface area contributed by atoms with Gasteiger partial charge in [0, 0.05) is 12.3 Å². The van der Waals surface area contributed by atoms with Gasteiger partial charge in [0.2, 0.25) is 0 Å². The Morgan fingerprint density at radius 3 is 2.19 bits per heavy atom. The Bertz CT molecular complexity index is 322. The molecular formula is C11H19N3OS. The van der Waals surface area contributed by atoms with E-state index in [1.807, 2.05) is 32.0 Å². The molecule has 0 aliphatic heterocycles. The molecule has 0 radical (unpaired) electrons. The van der Waals surface area contributed by atoms with Crippen molar-refractivity contribution in [2.45, 2.75) is 20.8 Å². The predicted octanol–water partition coefficient (Wildman–Crippen LogP) is 1.46. The summed E-state index contributed by atoms with van der Waals surface area (Å²) in [6.07, 6.45) is 0. The van der Waals surface area contributed by atoms with E-state index in [2.05, 4.69) is 10.7 Å². The van der Waals surface area contributed by atoms with Gasteiger partial charge in [-0.05, 0) is 44.1 Å². The van der Waals surface area contributed by atoms with Gasteiger partial charge in [0.15, 0.2) is 5.11 Å². The third kappa shape index (κ3) is 5.06. The lowest BCUT2D eigenvalue weighted by atomic mass is 10.1. The fourth-order valence-electron chi connectivity index (χ4n) is 1.16. The Hall–Kier alpha value is -1.17. The van der Waals surface area contributed by atoms with Crippen molar-refractivity contribution in [2.75, 3.05) is 11.9 Å². The van der Waals surface area contributed by atoms with Crippen LogP contribution in [-0.4, -0.2) is 16.8 Å². The van der Waals surface area contributed by atoms with E-state index in [0.717, 1.165) is 16.8 Å². The number of aliphatic hydroxyl groups is 1. The van der Waals surface area contributed by atoms with Crippen LogP contribution in [0.4, 0.5) is 5.69 Å². The highest BCUT2D eigenvalue weighted by molar-refractivity contribution is 7.80. The first-order valence-electron chi connectivity index (χ1n) is 5.01. The largest absolute Gasteiger partial charge is 0.397 e. The summed E-state index contributed by atoms with van der Waals surface area (Å²) in [5.74, 6) is 5.17. The maximum atomic E-state index is 7.57. The van der Waals surface area contributed by atoms with Crippen LogP contribution >= 0.6 is 12.2 Å². The van der Waals surface area contributed by atoms with E-state index in [0.29, 0.717) is 5.11 Å². The summed E-state index contributed by atoms with van der Waals surface area (Å²) in [5.41, 5.74) is 5.71. The van der Waals surface area contributed by atoms with Crippen LogP contribution in [-0.2, 0) is 0 Å². The minimum Gasteiger partial charge on any atom is -0.397 e. The van der Waals surface area contributed by atoms with Gasteiger partial charge in [0.25, 0.3) is 0 Å². The van der Waals surface area contributed by atoms with Crippen LogP contribution in [0.3, 0.4) is 0 Å². The van der Waals surface area contributed by atoms with Crippen LogP contribution in [0.15, 0.2) is 18.2 Å². The molecule has 0 bridgehead atoms. The molecule has 0 atom stereocenters. The van der Waals surface area contributed by atoms with Crippen molar-refractivity contribution in [3.63, 3.8) is 0 Å². The normalized spacial score (nSPS) is 8.81. The Morgan fingerprint density at radius 1 is 1.38 bits per heavy atom. The number of hydrogen-bond donors (Lipinski definition) is 4. The van der Waals surface area contributed by atoms with E-state index in [-0.39, 0.29) is 6.61 Å². The average Bonchev–Trinajstić information content (AvgIpc) is 2.24. The average molecular weight is 241 g/mol. The summed E-state index contributed by atoms with van der Waals surface area (Å²) in [6.45, 7) is 5.98. The SMILES string of the molecule is CCO.Cc1cccc(C)c1NC(=S)NN. The Kier molecular flexibility index (Phi) is 7.45.